The molecule has 70 heavy (non-hydrogen) atoms. The first-order valence-corrected chi connectivity index (χ1v) is 25.4. The van der Waals surface area contributed by atoms with Crippen LogP contribution in [0.1, 0.15) is 99.7 Å². The van der Waals surface area contributed by atoms with Crippen molar-refractivity contribution < 1.29 is 51.6 Å². The van der Waals surface area contributed by atoms with Crippen LogP contribution in [0.15, 0.2) is 84.9 Å². The van der Waals surface area contributed by atoms with E-state index in [1.807, 2.05) is 49.4 Å². The number of carbonyl (C=O) groups is 7. The number of halogens is 2. The molecule has 0 aliphatic carbocycles. The summed E-state index contributed by atoms with van der Waals surface area (Å²) in [6.07, 6.45) is 0.984. The van der Waals surface area contributed by atoms with Crippen LogP contribution < -0.4 is 26.6 Å². The van der Waals surface area contributed by atoms with Gasteiger partial charge in [0.15, 0.2) is 0 Å². The maximum absolute atomic E-state index is 14.6. The average Bonchev–Trinajstić information content (AvgIpc) is 3.79. The Hall–Kier alpha value is -6.08. The molecule has 0 aromatic heterocycles. The van der Waals surface area contributed by atoms with Crippen molar-refractivity contribution in [3.05, 3.63) is 117 Å². The Kier molecular flexibility index (Phi) is 19.3. The topological polar surface area (TPSA) is 257 Å². The minimum atomic E-state index is -4.32. The number of carboxylic acids is 1. The van der Waals surface area contributed by atoms with E-state index in [0.717, 1.165) is 16.3 Å². The monoisotopic (exact) mass is 1020 g/mol. The summed E-state index contributed by atoms with van der Waals surface area (Å²) >= 11 is 12.3. The van der Waals surface area contributed by atoms with Crippen molar-refractivity contribution in [2.75, 3.05) is 6.54 Å². The molecule has 4 aromatic rings. The molecule has 6 amide bonds. The van der Waals surface area contributed by atoms with Crippen molar-refractivity contribution in [2.24, 2.45) is 0 Å². The lowest BCUT2D eigenvalue weighted by atomic mass is 9.97. The van der Waals surface area contributed by atoms with Crippen molar-refractivity contribution in [1.29, 1.82) is 0 Å². The number of nitrogens with zero attached hydrogens (tertiary/aromatic N) is 1. The Bertz CT molecular complexity index is 2670. The van der Waals surface area contributed by atoms with E-state index in [0.29, 0.717) is 18.4 Å². The molecule has 1 fully saturated rings. The molecular formula is C50H60Cl2N6O11S. The highest BCUT2D eigenvalue weighted by Gasteiger charge is 2.40. The molecule has 1 aliphatic heterocycles. The molecule has 0 unspecified atom stereocenters. The van der Waals surface area contributed by atoms with Crippen molar-refractivity contribution in [3.8, 4) is 0 Å². The molecular weight excluding hydrogens is 964 g/mol. The van der Waals surface area contributed by atoms with Gasteiger partial charge in [0.1, 0.15) is 36.0 Å². The molecule has 5 rings (SSSR count). The normalized spacial score (nSPS) is 15.5. The molecule has 0 saturated carbocycles. The molecule has 4 aromatic carbocycles. The largest absolute Gasteiger partial charge is 0.481 e. The van der Waals surface area contributed by atoms with Crippen LogP contribution in [0.4, 0.5) is 0 Å². The van der Waals surface area contributed by atoms with Crippen LogP contribution in [0.3, 0.4) is 0 Å². The molecule has 17 nitrogen and oxygen atoms in total. The minimum Gasteiger partial charge on any atom is -0.481 e. The van der Waals surface area contributed by atoms with Crippen molar-refractivity contribution in [2.45, 2.75) is 127 Å². The zero-order valence-corrected chi connectivity index (χ0v) is 41.8. The maximum Gasteiger partial charge on any atom is 0.303 e. The quantitative estimate of drug-likeness (QED) is 0.0482. The first kappa shape index (κ1) is 54.9. The molecule has 1 aliphatic rings. The number of nitrogens with one attached hydrogen (secondary N) is 5. The number of aliphatic carboxylic acids is 1. The Balaban J connectivity index is 1.39. The lowest BCUT2D eigenvalue weighted by Crippen LogP contribution is -2.59. The van der Waals surface area contributed by atoms with E-state index in [2.05, 4.69) is 26.6 Å². The highest BCUT2D eigenvalue weighted by Crippen LogP contribution is 2.25. The second-order valence-electron chi connectivity index (χ2n) is 18.4. The fourth-order valence-electron chi connectivity index (χ4n) is 8.25. The van der Waals surface area contributed by atoms with Crippen LogP contribution in [0.2, 0.25) is 10.0 Å². The number of rotatable bonds is 22. The Labute approximate surface area is 417 Å². The summed E-state index contributed by atoms with van der Waals surface area (Å²) in [5.74, 6) is -5.53. The molecule has 0 bridgehead atoms. The van der Waals surface area contributed by atoms with Gasteiger partial charge in [0.2, 0.25) is 29.5 Å². The number of carbonyl (C=O) groups excluding carboxylic acids is 6. The number of likely N-dealkylation sites (tertiary alicyclic amines) is 1. The highest BCUT2D eigenvalue weighted by molar-refractivity contribution is 7.85. The van der Waals surface area contributed by atoms with E-state index in [4.69, 9.17) is 23.2 Å². The number of hydrogen-bond acceptors (Lipinski definition) is 9. The SMILES string of the molecule is CCC[C@H](NC(=O)[C@H](Cc1ccc(CS(=O)(=O)O)cc1)NC(=O)c1ccc(Cl)c(Cl)c1)C(=O)N1CCC[C@H]1C(=O)N[C@@H](Cc1cccc2ccccc12)C(=O)N[C@@H](CCCC(=O)O)C(=O)NC(C)(C)C. The molecule has 0 spiro atoms. The summed E-state index contributed by atoms with van der Waals surface area (Å²) in [5.41, 5.74) is 0.926. The van der Waals surface area contributed by atoms with E-state index >= 15 is 0 Å². The standard InChI is InChI=1S/C50H60Cl2N6O11S/c1-5-11-39(54-45(62)40(55-44(61)34-23-24-36(51)37(52)27-34)26-30-19-21-31(22-20-30)29-70(67,68)69)49(66)58-25-10-17-42(58)48(65)56-41(28-33-14-8-13-32-12-6-7-15-35(32)33)46(63)53-38(16-9-18-43(59)60)47(64)57-50(2,3)4/h6-8,12-15,19-24,27,38-42H,5,9-11,16-18,25-26,28-29H2,1-4H3,(H,53,63)(H,54,62)(H,55,61)(H,56,65)(H,57,64)(H,59,60)(H,67,68,69)/t38-,39-,40-,41-,42-/m0/s1. The summed E-state index contributed by atoms with van der Waals surface area (Å²) in [4.78, 5) is 97.5. The van der Waals surface area contributed by atoms with Gasteiger partial charge >= 0.3 is 5.97 Å². The Morgan fingerprint density at radius 2 is 1.39 bits per heavy atom. The van der Waals surface area contributed by atoms with Crippen LogP contribution in [0.25, 0.3) is 10.8 Å². The maximum atomic E-state index is 14.6. The second-order valence-corrected chi connectivity index (χ2v) is 20.7. The molecule has 7 N–H and O–H groups in total. The van der Waals surface area contributed by atoms with Gasteiger partial charge in [0.25, 0.3) is 16.0 Å². The van der Waals surface area contributed by atoms with Gasteiger partial charge in [-0.1, -0.05) is 103 Å². The zero-order valence-electron chi connectivity index (χ0n) is 39.4. The summed E-state index contributed by atoms with van der Waals surface area (Å²) in [6.45, 7) is 7.27. The summed E-state index contributed by atoms with van der Waals surface area (Å²) in [5, 5.41) is 25.3. The van der Waals surface area contributed by atoms with E-state index in [-0.39, 0.29) is 72.7 Å². The zero-order chi connectivity index (χ0) is 51.3. The van der Waals surface area contributed by atoms with E-state index in [1.165, 1.54) is 35.2 Å². The molecule has 5 atom stereocenters. The van der Waals surface area contributed by atoms with Crippen LogP contribution in [0.5, 0.6) is 0 Å². The van der Waals surface area contributed by atoms with Crippen LogP contribution >= 0.6 is 23.2 Å². The fourth-order valence-corrected chi connectivity index (χ4v) is 9.16. The smallest absolute Gasteiger partial charge is 0.303 e. The van der Waals surface area contributed by atoms with Gasteiger partial charge in [-0.05, 0) is 98.5 Å². The van der Waals surface area contributed by atoms with Gasteiger partial charge in [-0.25, -0.2) is 0 Å². The lowest BCUT2D eigenvalue weighted by molar-refractivity contribution is -0.142. The molecule has 20 heteroatoms. The van der Waals surface area contributed by atoms with Gasteiger partial charge in [-0.2, -0.15) is 8.42 Å². The summed E-state index contributed by atoms with van der Waals surface area (Å²) in [6, 6.07) is 17.4. The number of carboxylic acid groups (broad SMARTS) is 1. The van der Waals surface area contributed by atoms with Gasteiger partial charge in [-0.3, -0.25) is 38.1 Å². The third kappa shape index (κ3) is 16.2. The van der Waals surface area contributed by atoms with Gasteiger partial charge in [0, 0.05) is 36.9 Å². The summed E-state index contributed by atoms with van der Waals surface area (Å²) < 4.78 is 32.3. The average molecular weight is 1020 g/mol. The van der Waals surface area contributed by atoms with E-state index < -0.39 is 93.0 Å². The first-order chi connectivity index (χ1) is 33.0. The van der Waals surface area contributed by atoms with E-state index in [1.54, 1.807) is 32.9 Å². The Morgan fingerprint density at radius 1 is 0.743 bits per heavy atom. The number of hydrogen-bond donors (Lipinski definition) is 7. The van der Waals surface area contributed by atoms with Crippen LogP contribution in [0, 0.1) is 0 Å². The number of benzene rings is 4. The predicted octanol–water partition coefficient (Wildman–Crippen LogP) is 5.53. The molecule has 1 heterocycles. The summed E-state index contributed by atoms with van der Waals surface area (Å²) in [7, 11) is -4.32. The minimum absolute atomic E-state index is 0.00452. The predicted molar refractivity (Wildman–Crippen MR) is 266 cm³/mol. The van der Waals surface area contributed by atoms with Crippen molar-refractivity contribution >= 4 is 85.5 Å². The highest BCUT2D eigenvalue weighted by atomic mass is 35.5. The third-order valence-electron chi connectivity index (χ3n) is 11.6. The third-order valence-corrected chi connectivity index (χ3v) is 13.0. The van der Waals surface area contributed by atoms with Crippen LogP contribution in [-0.2, 0) is 57.5 Å². The first-order valence-electron chi connectivity index (χ1n) is 23.0. The van der Waals surface area contributed by atoms with Gasteiger partial charge in [0.05, 0.1) is 10.0 Å². The number of fused-ring (bicyclic) bond motifs is 1. The van der Waals surface area contributed by atoms with Gasteiger partial charge in [-0.15, -0.1) is 0 Å². The molecule has 0 radical (unpaired) electrons. The number of amides is 6. The van der Waals surface area contributed by atoms with Crippen molar-refractivity contribution in [3.63, 3.8) is 0 Å². The van der Waals surface area contributed by atoms with E-state index in [9.17, 15) is 51.6 Å². The van der Waals surface area contributed by atoms with Gasteiger partial charge < -0.3 is 36.6 Å². The second kappa shape index (κ2) is 24.7. The molecule has 376 valence electrons. The lowest BCUT2D eigenvalue weighted by Gasteiger charge is -2.31. The molecule has 1 saturated heterocycles. The van der Waals surface area contributed by atoms with Crippen LogP contribution in [-0.4, -0.2) is 107 Å². The Morgan fingerprint density at radius 3 is 2.03 bits per heavy atom. The van der Waals surface area contributed by atoms with Crippen molar-refractivity contribution in [1.82, 2.24) is 31.5 Å². The fraction of sp³-hybridized carbons (Fsp3) is 0.420.